The van der Waals surface area contributed by atoms with Crippen LogP contribution >= 0.6 is 23.2 Å². The fourth-order valence-electron chi connectivity index (χ4n) is 2.04. The second kappa shape index (κ2) is 8.79. The molecule has 1 nitrogen and oxygen atoms in total. The van der Waals surface area contributed by atoms with Crippen LogP contribution in [-0.4, -0.2) is 6.54 Å². The predicted molar refractivity (Wildman–Crippen MR) is 81.5 cm³/mol. The minimum Gasteiger partial charge on any atom is -0.312 e. The highest BCUT2D eigenvalue weighted by Crippen LogP contribution is 2.25. The Bertz CT molecular complexity index is 352. The van der Waals surface area contributed by atoms with Gasteiger partial charge in [0.05, 0.1) is 10.0 Å². The van der Waals surface area contributed by atoms with Crippen molar-refractivity contribution in [1.29, 1.82) is 0 Å². The molecule has 0 aliphatic carbocycles. The lowest BCUT2D eigenvalue weighted by Gasteiger charge is -2.15. The van der Waals surface area contributed by atoms with Crippen LogP contribution in [0.2, 0.25) is 10.0 Å². The molecule has 0 saturated carbocycles. The van der Waals surface area contributed by atoms with E-state index in [4.69, 9.17) is 23.2 Å². The van der Waals surface area contributed by atoms with Crippen molar-refractivity contribution in [3.8, 4) is 0 Å². The van der Waals surface area contributed by atoms with Crippen LogP contribution in [0, 0.1) is 5.92 Å². The maximum absolute atomic E-state index is 6.15. The molecule has 1 rings (SSSR count). The average Bonchev–Trinajstić information content (AvgIpc) is 2.38. The standard InChI is InChI=1S/C15H23Cl2N/c1-3-5-7-12(4-2)10-18-11-13-8-6-9-14(16)15(13)17/h6,8-9,12,18H,3-5,7,10-11H2,1-2H3. The minimum atomic E-state index is 0.633. The van der Waals surface area contributed by atoms with E-state index in [0.29, 0.717) is 10.0 Å². The van der Waals surface area contributed by atoms with Gasteiger partial charge in [-0.25, -0.2) is 0 Å². The Morgan fingerprint density at radius 1 is 1.22 bits per heavy atom. The van der Waals surface area contributed by atoms with Gasteiger partial charge in [0.1, 0.15) is 0 Å². The molecular weight excluding hydrogens is 265 g/mol. The maximum atomic E-state index is 6.15. The zero-order valence-corrected chi connectivity index (χ0v) is 12.8. The van der Waals surface area contributed by atoms with E-state index in [-0.39, 0.29) is 0 Å². The van der Waals surface area contributed by atoms with E-state index < -0.39 is 0 Å². The van der Waals surface area contributed by atoms with Crippen LogP contribution in [0.4, 0.5) is 0 Å². The Morgan fingerprint density at radius 2 is 2.00 bits per heavy atom. The number of rotatable bonds is 8. The lowest BCUT2D eigenvalue weighted by atomic mass is 9.99. The van der Waals surface area contributed by atoms with Crippen LogP contribution in [0.5, 0.6) is 0 Å². The molecule has 102 valence electrons. The summed E-state index contributed by atoms with van der Waals surface area (Å²) in [5, 5.41) is 4.79. The highest BCUT2D eigenvalue weighted by molar-refractivity contribution is 6.42. The Balaban J connectivity index is 2.38. The summed E-state index contributed by atoms with van der Waals surface area (Å²) in [5.74, 6) is 0.767. The first-order valence-electron chi connectivity index (χ1n) is 6.82. The highest BCUT2D eigenvalue weighted by Gasteiger charge is 2.07. The molecule has 18 heavy (non-hydrogen) atoms. The van der Waals surface area contributed by atoms with Crippen molar-refractivity contribution in [2.24, 2.45) is 5.92 Å². The van der Waals surface area contributed by atoms with Crippen LogP contribution < -0.4 is 5.32 Å². The number of hydrogen-bond acceptors (Lipinski definition) is 1. The quantitative estimate of drug-likeness (QED) is 0.684. The van der Waals surface area contributed by atoms with Crippen molar-refractivity contribution in [1.82, 2.24) is 5.32 Å². The largest absolute Gasteiger partial charge is 0.312 e. The number of hydrogen-bond donors (Lipinski definition) is 1. The summed E-state index contributed by atoms with van der Waals surface area (Å²) in [7, 11) is 0. The number of benzene rings is 1. The Morgan fingerprint density at radius 3 is 2.67 bits per heavy atom. The van der Waals surface area contributed by atoms with Crippen molar-refractivity contribution < 1.29 is 0 Å². The van der Waals surface area contributed by atoms with E-state index in [9.17, 15) is 0 Å². The Kier molecular flexibility index (Phi) is 7.73. The van der Waals surface area contributed by atoms with Gasteiger partial charge < -0.3 is 5.32 Å². The molecule has 0 bridgehead atoms. The molecule has 0 spiro atoms. The molecule has 0 radical (unpaired) electrons. The highest BCUT2D eigenvalue weighted by atomic mass is 35.5. The lowest BCUT2D eigenvalue weighted by molar-refractivity contribution is 0.419. The first-order valence-corrected chi connectivity index (χ1v) is 7.58. The number of halogens is 2. The molecule has 1 aromatic rings. The van der Waals surface area contributed by atoms with Crippen molar-refractivity contribution in [2.75, 3.05) is 6.54 Å². The molecule has 1 unspecified atom stereocenters. The minimum absolute atomic E-state index is 0.633. The zero-order valence-electron chi connectivity index (χ0n) is 11.3. The summed E-state index contributed by atoms with van der Waals surface area (Å²) in [4.78, 5) is 0. The van der Waals surface area contributed by atoms with Crippen molar-refractivity contribution in [2.45, 2.75) is 46.1 Å². The summed E-state index contributed by atoms with van der Waals surface area (Å²) in [6.07, 6.45) is 5.13. The van der Waals surface area contributed by atoms with Crippen LogP contribution in [0.1, 0.15) is 45.1 Å². The fraction of sp³-hybridized carbons (Fsp3) is 0.600. The molecule has 3 heteroatoms. The van der Waals surface area contributed by atoms with Gasteiger partial charge in [0.15, 0.2) is 0 Å². The van der Waals surface area contributed by atoms with Crippen LogP contribution in [-0.2, 0) is 6.54 Å². The Hall–Kier alpha value is -0.240. The summed E-state index contributed by atoms with van der Waals surface area (Å²) in [5.41, 5.74) is 1.08. The van der Waals surface area contributed by atoms with Gasteiger partial charge in [0.2, 0.25) is 0 Å². The van der Waals surface area contributed by atoms with E-state index in [1.807, 2.05) is 18.2 Å². The molecule has 0 aliphatic heterocycles. The van der Waals surface area contributed by atoms with Gasteiger partial charge in [-0.3, -0.25) is 0 Å². The van der Waals surface area contributed by atoms with Gasteiger partial charge in [-0.2, -0.15) is 0 Å². The first kappa shape index (κ1) is 15.8. The maximum Gasteiger partial charge on any atom is 0.0637 e. The molecule has 0 amide bonds. The molecule has 0 heterocycles. The average molecular weight is 288 g/mol. The molecular formula is C15H23Cl2N. The fourth-order valence-corrected chi connectivity index (χ4v) is 2.43. The van der Waals surface area contributed by atoms with Gasteiger partial charge >= 0.3 is 0 Å². The van der Waals surface area contributed by atoms with Crippen molar-refractivity contribution in [3.63, 3.8) is 0 Å². The van der Waals surface area contributed by atoms with Crippen LogP contribution in [0.25, 0.3) is 0 Å². The third-order valence-electron chi connectivity index (χ3n) is 3.32. The normalized spacial score (nSPS) is 12.7. The van der Waals surface area contributed by atoms with E-state index in [0.717, 1.165) is 24.6 Å². The van der Waals surface area contributed by atoms with Crippen molar-refractivity contribution >= 4 is 23.2 Å². The monoisotopic (exact) mass is 287 g/mol. The second-order valence-electron chi connectivity index (χ2n) is 4.76. The van der Waals surface area contributed by atoms with E-state index in [1.54, 1.807) is 0 Å². The summed E-state index contributed by atoms with van der Waals surface area (Å²) < 4.78 is 0. The molecule has 0 saturated heterocycles. The zero-order chi connectivity index (χ0) is 13.4. The van der Waals surface area contributed by atoms with Gasteiger partial charge in [-0.1, -0.05) is 68.4 Å². The number of nitrogens with one attached hydrogen (secondary N) is 1. The van der Waals surface area contributed by atoms with E-state index in [1.165, 1.54) is 25.7 Å². The van der Waals surface area contributed by atoms with E-state index >= 15 is 0 Å². The first-order chi connectivity index (χ1) is 8.69. The topological polar surface area (TPSA) is 12.0 Å². The van der Waals surface area contributed by atoms with Gasteiger partial charge in [-0.05, 0) is 30.5 Å². The Labute approximate surface area is 121 Å². The molecule has 1 atom stereocenters. The third kappa shape index (κ3) is 5.17. The summed E-state index contributed by atoms with van der Waals surface area (Å²) in [6, 6.07) is 5.79. The number of unbranched alkanes of at least 4 members (excludes halogenated alkanes) is 1. The predicted octanol–water partition coefficient (Wildman–Crippen LogP) is 5.30. The lowest BCUT2D eigenvalue weighted by Crippen LogP contribution is -2.22. The van der Waals surface area contributed by atoms with Gasteiger partial charge in [0.25, 0.3) is 0 Å². The molecule has 0 aliphatic rings. The molecule has 1 aromatic carbocycles. The molecule has 0 aromatic heterocycles. The SMILES string of the molecule is CCCCC(CC)CNCc1cccc(Cl)c1Cl. The molecule has 0 fully saturated rings. The third-order valence-corrected chi connectivity index (χ3v) is 4.18. The second-order valence-corrected chi connectivity index (χ2v) is 5.55. The molecule has 1 N–H and O–H groups in total. The summed E-state index contributed by atoms with van der Waals surface area (Å²) >= 11 is 12.1. The van der Waals surface area contributed by atoms with Crippen molar-refractivity contribution in [3.05, 3.63) is 33.8 Å². The smallest absolute Gasteiger partial charge is 0.0637 e. The van der Waals surface area contributed by atoms with Crippen LogP contribution in [0.15, 0.2) is 18.2 Å². The summed E-state index contributed by atoms with van der Waals surface area (Å²) in [6.45, 7) is 6.35. The van der Waals surface area contributed by atoms with Gasteiger partial charge in [0, 0.05) is 6.54 Å². The van der Waals surface area contributed by atoms with E-state index in [2.05, 4.69) is 19.2 Å². The van der Waals surface area contributed by atoms with Gasteiger partial charge in [-0.15, -0.1) is 0 Å². The van der Waals surface area contributed by atoms with Crippen LogP contribution in [0.3, 0.4) is 0 Å².